The number of carboxylic acids is 1. The van der Waals surface area contributed by atoms with Crippen molar-refractivity contribution in [3.8, 4) is 0 Å². The summed E-state index contributed by atoms with van der Waals surface area (Å²) in [6.45, 7) is 6.66. The van der Waals surface area contributed by atoms with Crippen molar-refractivity contribution < 1.29 is 14.7 Å². The molecule has 0 saturated carbocycles. The number of nitrogens with one attached hydrogen (secondary N) is 1. The van der Waals surface area contributed by atoms with Crippen molar-refractivity contribution in [2.45, 2.75) is 25.4 Å². The van der Waals surface area contributed by atoms with Crippen molar-refractivity contribution in [1.82, 2.24) is 10.2 Å². The lowest BCUT2D eigenvalue weighted by molar-refractivity contribution is -0.143. The highest BCUT2D eigenvalue weighted by atomic mass is 16.4. The highest BCUT2D eigenvalue weighted by molar-refractivity contribution is 5.86. The Labute approximate surface area is 88.8 Å². The van der Waals surface area contributed by atoms with Crippen LogP contribution in [0.2, 0.25) is 0 Å². The van der Waals surface area contributed by atoms with Crippen molar-refractivity contribution in [1.29, 1.82) is 0 Å². The topological polar surface area (TPSA) is 69.6 Å². The molecule has 15 heavy (non-hydrogen) atoms. The molecule has 5 heteroatoms. The average molecular weight is 212 g/mol. The van der Waals surface area contributed by atoms with Crippen LogP contribution >= 0.6 is 0 Å². The predicted octanol–water partition coefficient (Wildman–Crippen LogP) is -0.164. The van der Waals surface area contributed by atoms with Gasteiger partial charge in [-0.3, -0.25) is 14.5 Å². The molecule has 1 rings (SSSR count). The maximum atomic E-state index is 11.5. The van der Waals surface area contributed by atoms with Crippen LogP contribution in [0.25, 0.3) is 0 Å². The van der Waals surface area contributed by atoms with Gasteiger partial charge in [-0.1, -0.05) is 6.08 Å². The van der Waals surface area contributed by atoms with E-state index in [9.17, 15) is 9.59 Å². The number of rotatable bonds is 4. The van der Waals surface area contributed by atoms with Gasteiger partial charge in [0.15, 0.2) is 0 Å². The van der Waals surface area contributed by atoms with E-state index in [0.717, 1.165) is 0 Å². The summed E-state index contributed by atoms with van der Waals surface area (Å²) in [5, 5.41) is 11.4. The molecule has 2 atom stereocenters. The van der Waals surface area contributed by atoms with Crippen LogP contribution in [0, 0.1) is 0 Å². The Morgan fingerprint density at radius 1 is 1.80 bits per heavy atom. The van der Waals surface area contributed by atoms with Crippen molar-refractivity contribution in [3.05, 3.63) is 12.7 Å². The monoisotopic (exact) mass is 212 g/mol. The number of piperazine rings is 1. The Kier molecular flexibility index (Phi) is 3.85. The molecule has 2 unspecified atom stereocenters. The molecule has 0 radical (unpaired) electrons. The molecule has 1 aliphatic heterocycles. The van der Waals surface area contributed by atoms with Crippen LogP contribution in [-0.4, -0.2) is 47.1 Å². The molecule has 1 fully saturated rings. The molecule has 0 aromatic heterocycles. The van der Waals surface area contributed by atoms with Gasteiger partial charge in [0.25, 0.3) is 0 Å². The molecule has 1 aliphatic rings. The van der Waals surface area contributed by atoms with Crippen LogP contribution in [-0.2, 0) is 9.59 Å². The molecular formula is C10H16N2O3. The number of aliphatic carboxylic acids is 1. The quantitative estimate of drug-likeness (QED) is 0.635. The fraction of sp³-hybridized carbons (Fsp3) is 0.600. The highest BCUT2D eigenvalue weighted by Gasteiger charge is 2.34. The lowest BCUT2D eigenvalue weighted by Gasteiger charge is -2.38. The molecule has 1 amide bonds. The van der Waals surface area contributed by atoms with Gasteiger partial charge in [-0.2, -0.15) is 0 Å². The maximum absolute atomic E-state index is 11.5. The molecule has 0 aromatic carbocycles. The smallest absolute Gasteiger partial charge is 0.305 e. The third-order valence-corrected chi connectivity index (χ3v) is 2.55. The van der Waals surface area contributed by atoms with E-state index >= 15 is 0 Å². The largest absolute Gasteiger partial charge is 0.481 e. The molecule has 0 aromatic rings. The standard InChI is InChI=1S/C10H16N2O3/c1-3-4-12-7(2)6-11-10(15)8(12)5-9(13)14/h3,7-8H,1,4-6H2,2H3,(H,11,15)(H,13,14). The summed E-state index contributed by atoms with van der Waals surface area (Å²) in [6, 6.07) is -0.436. The van der Waals surface area contributed by atoms with Crippen molar-refractivity contribution in [3.63, 3.8) is 0 Å². The lowest BCUT2D eigenvalue weighted by Crippen LogP contribution is -2.59. The summed E-state index contributed by atoms with van der Waals surface area (Å²) in [4.78, 5) is 24.0. The zero-order valence-corrected chi connectivity index (χ0v) is 8.77. The van der Waals surface area contributed by atoms with Crippen molar-refractivity contribution >= 4 is 11.9 Å². The van der Waals surface area contributed by atoms with E-state index in [-0.39, 0.29) is 18.4 Å². The summed E-state index contributed by atoms with van der Waals surface area (Å²) >= 11 is 0. The SMILES string of the molecule is C=CCN1C(C)CNC(=O)C1CC(=O)O. The predicted molar refractivity (Wildman–Crippen MR) is 55.4 cm³/mol. The molecule has 84 valence electrons. The number of carboxylic acid groups (broad SMARTS) is 1. The number of amides is 1. The van der Waals surface area contributed by atoms with Crippen LogP contribution in [0.4, 0.5) is 0 Å². The fourth-order valence-electron chi connectivity index (χ4n) is 1.77. The first-order valence-corrected chi connectivity index (χ1v) is 4.92. The first kappa shape index (κ1) is 11.7. The number of nitrogens with zero attached hydrogens (tertiary/aromatic N) is 1. The minimum absolute atomic E-state index is 0.144. The molecule has 1 saturated heterocycles. The lowest BCUT2D eigenvalue weighted by atomic mass is 10.0. The second-order valence-electron chi connectivity index (χ2n) is 3.69. The second-order valence-corrected chi connectivity index (χ2v) is 3.69. The Bertz CT molecular complexity index is 278. The molecule has 0 spiro atoms. The Hall–Kier alpha value is -1.36. The highest BCUT2D eigenvalue weighted by Crippen LogP contribution is 2.13. The van der Waals surface area contributed by atoms with E-state index in [2.05, 4.69) is 11.9 Å². The zero-order valence-electron chi connectivity index (χ0n) is 8.77. The third-order valence-electron chi connectivity index (χ3n) is 2.55. The maximum Gasteiger partial charge on any atom is 0.305 e. The Balaban J connectivity index is 2.77. The van der Waals surface area contributed by atoms with Gasteiger partial charge in [0.1, 0.15) is 6.04 Å². The Morgan fingerprint density at radius 2 is 2.47 bits per heavy atom. The summed E-state index contributed by atoms with van der Waals surface area (Å²) < 4.78 is 0. The summed E-state index contributed by atoms with van der Waals surface area (Å²) in [5.74, 6) is -1.17. The van der Waals surface area contributed by atoms with E-state index in [4.69, 9.17) is 5.11 Å². The van der Waals surface area contributed by atoms with Crippen molar-refractivity contribution in [2.75, 3.05) is 13.1 Å². The number of hydrogen-bond acceptors (Lipinski definition) is 3. The van der Waals surface area contributed by atoms with E-state index in [1.165, 1.54) is 0 Å². The number of carbonyl (C=O) groups excluding carboxylic acids is 1. The summed E-state index contributed by atoms with van der Waals surface area (Å²) in [7, 11) is 0. The van der Waals surface area contributed by atoms with Gasteiger partial charge in [0.2, 0.25) is 5.91 Å². The first-order chi connectivity index (χ1) is 7.06. The molecular weight excluding hydrogens is 196 g/mol. The van der Waals surface area contributed by atoms with E-state index in [1.807, 2.05) is 11.8 Å². The van der Waals surface area contributed by atoms with Gasteiger partial charge < -0.3 is 10.4 Å². The van der Waals surface area contributed by atoms with Crippen LogP contribution in [0.15, 0.2) is 12.7 Å². The van der Waals surface area contributed by atoms with Gasteiger partial charge in [0.05, 0.1) is 6.42 Å². The van der Waals surface area contributed by atoms with Gasteiger partial charge in [-0.15, -0.1) is 6.58 Å². The van der Waals surface area contributed by atoms with Crippen LogP contribution in [0.3, 0.4) is 0 Å². The second kappa shape index (κ2) is 4.93. The van der Waals surface area contributed by atoms with E-state index in [1.54, 1.807) is 6.08 Å². The minimum atomic E-state index is -0.960. The average Bonchev–Trinajstić information content (AvgIpc) is 2.17. The van der Waals surface area contributed by atoms with Gasteiger partial charge in [-0.05, 0) is 6.92 Å². The molecule has 0 bridgehead atoms. The number of carbonyl (C=O) groups is 2. The van der Waals surface area contributed by atoms with Gasteiger partial charge >= 0.3 is 5.97 Å². The van der Waals surface area contributed by atoms with Crippen LogP contribution in [0.5, 0.6) is 0 Å². The van der Waals surface area contributed by atoms with E-state index < -0.39 is 12.0 Å². The fourth-order valence-corrected chi connectivity index (χ4v) is 1.77. The summed E-state index contributed by atoms with van der Waals surface area (Å²) in [6.07, 6.45) is 1.52. The molecule has 2 N–H and O–H groups in total. The van der Waals surface area contributed by atoms with Crippen LogP contribution < -0.4 is 5.32 Å². The van der Waals surface area contributed by atoms with Gasteiger partial charge in [-0.25, -0.2) is 0 Å². The van der Waals surface area contributed by atoms with Crippen LogP contribution in [0.1, 0.15) is 13.3 Å². The number of hydrogen-bond donors (Lipinski definition) is 2. The molecule has 1 heterocycles. The summed E-state index contributed by atoms with van der Waals surface area (Å²) in [5.41, 5.74) is 0. The molecule has 0 aliphatic carbocycles. The normalized spacial score (nSPS) is 27.1. The Morgan fingerprint density at radius 3 is 3.00 bits per heavy atom. The molecule has 5 nitrogen and oxygen atoms in total. The van der Waals surface area contributed by atoms with Crippen molar-refractivity contribution in [2.24, 2.45) is 0 Å². The zero-order chi connectivity index (χ0) is 11.4. The minimum Gasteiger partial charge on any atom is -0.481 e. The van der Waals surface area contributed by atoms with E-state index in [0.29, 0.717) is 13.1 Å². The third kappa shape index (κ3) is 2.79. The first-order valence-electron chi connectivity index (χ1n) is 4.92. The van der Waals surface area contributed by atoms with Gasteiger partial charge in [0, 0.05) is 19.1 Å².